The lowest BCUT2D eigenvalue weighted by molar-refractivity contribution is -0.120. The number of hydrogen-bond donors (Lipinski definition) is 1. The van der Waals surface area contributed by atoms with E-state index in [1.54, 1.807) is 0 Å². The number of aryl methyl sites for hydroxylation is 1. The van der Waals surface area contributed by atoms with Gasteiger partial charge in [0.05, 0.1) is 17.8 Å². The highest BCUT2D eigenvalue weighted by Gasteiger charge is 2.16. The lowest BCUT2D eigenvalue weighted by atomic mass is 10.1. The quantitative estimate of drug-likeness (QED) is 0.683. The smallest absolute Gasteiger partial charge is 0.224 e. The number of anilines is 1. The Morgan fingerprint density at radius 1 is 1.07 bits per heavy atom. The maximum Gasteiger partial charge on any atom is 0.224 e. The first-order valence-electron chi connectivity index (χ1n) is 9.19. The zero-order valence-corrected chi connectivity index (χ0v) is 17.4. The van der Waals surface area contributed by atoms with E-state index in [2.05, 4.69) is 10.4 Å². The molecule has 1 amide bonds. The van der Waals surface area contributed by atoms with Crippen molar-refractivity contribution < 1.29 is 4.79 Å². The summed E-state index contributed by atoms with van der Waals surface area (Å²) in [4.78, 5) is 14.5. The van der Waals surface area contributed by atoms with Crippen molar-refractivity contribution in [1.82, 2.24) is 15.1 Å². The Labute approximate surface area is 170 Å². The summed E-state index contributed by atoms with van der Waals surface area (Å²) in [5.74, 6) is -0.0152. The molecule has 146 valence electrons. The van der Waals surface area contributed by atoms with Gasteiger partial charge in [-0.05, 0) is 55.8 Å². The third-order valence-corrected chi connectivity index (χ3v) is 5.04. The number of amides is 1. The number of benzene rings is 2. The van der Waals surface area contributed by atoms with Crippen molar-refractivity contribution in [2.45, 2.75) is 26.8 Å². The topological polar surface area (TPSA) is 50.2 Å². The molecule has 1 aromatic heterocycles. The molecular weight excluding hydrogens is 372 g/mol. The largest absolute Gasteiger partial charge is 0.378 e. The summed E-state index contributed by atoms with van der Waals surface area (Å²) in [6, 6.07) is 15.7. The molecule has 0 fully saturated rings. The zero-order valence-electron chi connectivity index (χ0n) is 16.7. The Kier molecular flexibility index (Phi) is 6.05. The normalized spacial score (nSPS) is 10.8. The van der Waals surface area contributed by atoms with Crippen LogP contribution in [0.5, 0.6) is 0 Å². The van der Waals surface area contributed by atoms with Crippen LogP contribution < -0.4 is 10.2 Å². The van der Waals surface area contributed by atoms with E-state index in [9.17, 15) is 4.79 Å². The summed E-state index contributed by atoms with van der Waals surface area (Å²) < 4.78 is 1.86. The molecule has 0 bridgehead atoms. The molecule has 1 N–H and O–H groups in total. The number of nitrogens with one attached hydrogen (secondary N) is 1. The molecular formula is C22H25ClN4O. The second kappa shape index (κ2) is 8.48. The number of aromatic nitrogens is 2. The maximum absolute atomic E-state index is 12.5. The van der Waals surface area contributed by atoms with E-state index < -0.39 is 0 Å². The number of rotatable bonds is 6. The summed E-state index contributed by atoms with van der Waals surface area (Å²) in [6.45, 7) is 4.43. The Morgan fingerprint density at radius 3 is 2.32 bits per heavy atom. The molecule has 0 atom stereocenters. The molecule has 3 rings (SSSR count). The highest BCUT2D eigenvalue weighted by atomic mass is 35.5. The molecule has 1 heterocycles. The van der Waals surface area contributed by atoms with Gasteiger partial charge in [-0.25, -0.2) is 4.68 Å². The van der Waals surface area contributed by atoms with E-state index in [1.165, 1.54) is 0 Å². The third kappa shape index (κ3) is 4.54. The molecule has 3 aromatic rings. The average Bonchev–Trinajstić information content (AvgIpc) is 2.95. The molecule has 0 aliphatic rings. The second-order valence-corrected chi connectivity index (χ2v) is 7.49. The van der Waals surface area contributed by atoms with Gasteiger partial charge in [-0.1, -0.05) is 23.7 Å². The molecule has 0 aliphatic carbocycles. The van der Waals surface area contributed by atoms with Crippen LogP contribution in [0.15, 0.2) is 48.5 Å². The minimum Gasteiger partial charge on any atom is -0.378 e. The van der Waals surface area contributed by atoms with Gasteiger partial charge in [-0.3, -0.25) is 4.79 Å². The van der Waals surface area contributed by atoms with Crippen LogP contribution in [0.25, 0.3) is 5.69 Å². The molecule has 28 heavy (non-hydrogen) atoms. The van der Waals surface area contributed by atoms with Gasteiger partial charge < -0.3 is 10.2 Å². The highest BCUT2D eigenvalue weighted by molar-refractivity contribution is 6.30. The predicted octanol–water partition coefficient (Wildman–Crippen LogP) is 4.07. The van der Waals surface area contributed by atoms with Gasteiger partial charge in [0, 0.05) is 42.6 Å². The highest BCUT2D eigenvalue weighted by Crippen LogP contribution is 2.20. The fraction of sp³-hybridized carbons (Fsp3) is 0.273. The standard InChI is InChI=1S/C22H25ClN4O/c1-15-21(16(2)27(25-15)20-11-7-18(23)8-12-20)13-22(28)24-14-17-5-9-19(10-6-17)26(3)4/h5-12H,13-14H2,1-4H3,(H,24,28). The lowest BCUT2D eigenvalue weighted by Gasteiger charge is -2.13. The summed E-state index contributed by atoms with van der Waals surface area (Å²) in [6.07, 6.45) is 0.307. The second-order valence-electron chi connectivity index (χ2n) is 7.05. The molecule has 6 heteroatoms. The average molecular weight is 397 g/mol. The maximum atomic E-state index is 12.5. The van der Waals surface area contributed by atoms with Crippen LogP contribution in [0.3, 0.4) is 0 Å². The Bertz CT molecular complexity index is 959. The summed E-state index contributed by atoms with van der Waals surface area (Å²) in [7, 11) is 4.01. The van der Waals surface area contributed by atoms with Gasteiger partial charge in [0.15, 0.2) is 0 Å². The minimum atomic E-state index is -0.0152. The Balaban J connectivity index is 1.66. The van der Waals surface area contributed by atoms with Crippen molar-refractivity contribution in [2.75, 3.05) is 19.0 Å². The first-order valence-corrected chi connectivity index (χ1v) is 9.57. The van der Waals surface area contributed by atoms with Gasteiger partial charge in [0.2, 0.25) is 5.91 Å². The molecule has 0 saturated carbocycles. The third-order valence-electron chi connectivity index (χ3n) is 4.79. The molecule has 0 unspecified atom stereocenters. The predicted molar refractivity (Wildman–Crippen MR) is 114 cm³/mol. The van der Waals surface area contributed by atoms with Crippen LogP contribution in [-0.4, -0.2) is 29.8 Å². The van der Waals surface area contributed by atoms with E-state index in [0.29, 0.717) is 18.0 Å². The zero-order chi connectivity index (χ0) is 20.3. The van der Waals surface area contributed by atoms with Gasteiger partial charge in [-0.2, -0.15) is 5.10 Å². The Morgan fingerprint density at radius 2 is 1.71 bits per heavy atom. The molecule has 0 spiro atoms. The van der Waals surface area contributed by atoms with E-state index in [0.717, 1.165) is 33.9 Å². The molecule has 0 aliphatic heterocycles. The van der Waals surface area contributed by atoms with Crippen molar-refractivity contribution >= 4 is 23.2 Å². The minimum absolute atomic E-state index is 0.0152. The van der Waals surface area contributed by atoms with Crippen molar-refractivity contribution in [3.05, 3.63) is 76.1 Å². The van der Waals surface area contributed by atoms with Crippen LogP contribution in [-0.2, 0) is 17.8 Å². The van der Waals surface area contributed by atoms with E-state index in [1.807, 2.05) is 86.1 Å². The van der Waals surface area contributed by atoms with Crippen LogP contribution in [0.2, 0.25) is 5.02 Å². The van der Waals surface area contributed by atoms with Crippen LogP contribution in [0, 0.1) is 13.8 Å². The van der Waals surface area contributed by atoms with Gasteiger partial charge in [0.25, 0.3) is 0 Å². The van der Waals surface area contributed by atoms with E-state index in [4.69, 9.17) is 11.6 Å². The molecule has 0 radical (unpaired) electrons. The SMILES string of the molecule is Cc1nn(-c2ccc(Cl)cc2)c(C)c1CC(=O)NCc1ccc(N(C)C)cc1. The summed E-state index contributed by atoms with van der Waals surface area (Å²) >= 11 is 5.97. The van der Waals surface area contributed by atoms with Gasteiger partial charge >= 0.3 is 0 Å². The van der Waals surface area contributed by atoms with Crippen molar-refractivity contribution in [2.24, 2.45) is 0 Å². The monoisotopic (exact) mass is 396 g/mol. The summed E-state index contributed by atoms with van der Waals surface area (Å²) in [5, 5.41) is 8.28. The molecule has 0 saturated heterocycles. The van der Waals surface area contributed by atoms with Crippen molar-refractivity contribution in [3.8, 4) is 5.69 Å². The van der Waals surface area contributed by atoms with Crippen LogP contribution in [0.1, 0.15) is 22.5 Å². The van der Waals surface area contributed by atoms with Crippen LogP contribution >= 0.6 is 11.6 Å². The first-order chi connectivity index (χ1) is 13.3. The Hall–Kier alpha value is -2.79. The number of carbonyl (C=O) groups is 1. The summed E-state index contributed by atoms with van der Waals surface area (Å²) in [5.41, 5.74) is 5.91. The fourth-order valence-corrected chi connectivity index (χ4v) is 3.23. The van der Waals surface area contributed by atoms with Crippen molar-refractivity contribution in [1.29, 1.82) is 0 Å². The molecule has 2 aromatic carbocycles. The number of nitrogens with zero attached hydrogens (tertiary/aromatic N) is 3. The fourth-order valence-electron chi connectivity index (χ4n) is 3.10. The van der Waals surface area contributed by atoms with Crippen molar-refractivity contribution in [3.63, 3.8) is 0 Å². The number of carbonyl (C=O) groups excluding carboxylic acids is 1. The lowest BCUT2D eigenvalue weighted by Crippen LogP contribution is -2.25. The molecule has 5 nitrogen and oxygen atoms in total. The first kappa shape index (κ1) is 20.0. The van der Waals surface area contributed by atoms with Crippen LogP contribution in [0.4, 0.5) is 5.69 Å². The van der Waals surface area contributed by atoms with Gasteiger partial charge in [-0.15, -0.1) is 0 Å². The van der Waals surface area contributed by atoms with E-state index in [-0.39, 0.29) is 5.91 Å². The van der Waals surface area contributed by atoms with E-state index >= 15 is 0 Å². The number of hydrogen-bond acceptors (Lipinski definition) is 3. The van der Waals surface area contributed by atoms with Gasteiger partial charge in [0.1, 0.15) is 0 Å². The number of halogens is 1.